The predicted molar refractivity (Wildman–Crippen MR) is 132 cm³/mol. The van der Waals surface area contributed by atoms with Gasteiger partial charge in [-0.1, -0.05) is 54.4 Å². The van der Waals surface area contributed by atoms with E-state index in [2.05, 4.69) is 41.5 Å². The lowest BCUT2D eigenvalue weighted by Crippen LogP contribution is -2.57. The van der Waals surface area contributed by atoms with Crippen LogP contribution in [0.4, 0.5) is 0 Å². The van der Waals surface area contributed by atoms with Crippen LogP contribution >= 0.6 is 0 Å². The summed E-state index contributed by atoms with van der Waals surface area (Å²) in [5.74, 6) is 3.58. The summed E-state index contributed by atoms with van der Waals surface area (Å²) in [4.78, 5) is 0. The Morgan fingerprint density at radius 3 is 2.16 bits per heavy atom. The number of rotatable bonds is 6. The summed E-state index contributed by atoms with van der Waals surface area (Å²) in [5, 5.41) is 21.3. The normalized spacial score (nSPS) is 52.0. The van der Waals surface area contributed by atoms with Crippen LogP contribution < -0.4 is 0 Å². The van der Waals surface area contributed by atoms with E-state index in [0.29, 0.717) is 40.1 Å². The Bertz CT molecular complexity index is 728. The Labute approximate surface area is 198 Å². The van der Waals surface area contributed by atoms with Crippen LogP contribution in [0.5, 0.6) is 0 Å². The van der Waals surface area contributed by atoms with E-state index in [1.165, 1.54) is 70.6 Å². The van der Waals surface area contributed by atoms with E-state index in [1.54, 1.807) is 0 Å². The van der Waals surface area contributed by atoms with Gasteiger partial charge in [-0.15, -0.1) is 0 Å². The Kier molecular flexibility index (Phi) is 5.51. The molecule has 0 aliphatic heterocycles. The maximum atomic E-state index is 10.8. The van der Waals surface area contributed by atoms with Gasteiger partial charge in [0.25, 0.3) is 0 Å². The van der Waals surface area contributed by atoms with Crippen LogP contribution in [0.25, 0.3) is 0 Å². The highest BCUT2D eigenvalue weighted by atomic mass is 16.3. The van der Waals surface area contributed by atoms with E-state index < -0.39 is 0 Å². The average molecular weight is 445 g/mol. The predicted octanol–water partition coefficient (Wildman–Crippen LogP) is 7.22. The van der Waals surface area contributed by atoms with Gasteiger partial charge < -0.3 is 10.2 Å². The van der Waals surface area contributed by atoms with Crippen LogP contribution in [0.3, 0.4) is 0 Å². The van der Waals surface area contributed by atoms with E-state index in [-0.39, 0.29) is 11.5 Å². The fraction of sp³-hybridized carbons (Fsp3) is 1.00. The van der Waals surface area contributed by atoms with Crippen molar-refractivity contribution in [1.29, 1.82) is 0 Å². The number of aliphatic hydroxyl groups is 2. The van der Waals surface area contributed by atoms with Crippen molar-refractivity contribution in [2.45, 2.75) is 125 Å². The Balaban J connectivity index is 1.40. The first-order valence-electron chi connectivity index (χ1n) is 14.3. The molecule has 184 valence electrons. The lowest BCUT2D eigenvalue weighted by Gasteiger charge is -2.63. The molecule has 2 heteroatoms. The van der Waals surface area contributed by atoms with E-state index in [9.17, 15) is 10.2 Å². The van der Waals surface area contributed by atoms with Gasteiger partial charge in [0.05, 0.1) is 6.10 Å². The fourth-order valence-corrected chi connectivity index (χ4v) is 11.4. The molecular formula is C30H52O2. The summed E-state index contributed by atoms with van der Waals surface area (Å²) in [6.07, 6.45) is 15.7. The molecule has 2 spiro atoms. The van der Waals surface area contributed by atoms with Crippen molar-refractivity contribution in [2.24, 2.45) is 56.7 Å². The molecule has 0 bridgehead atoms. The summed E-state index contributed by atoms with van der Waals surface area (Å²) in [5.41, 5.74) is 2.03. The fourth-order valence-electron chi connectivity index (χ4n) is 11.4. The van der Waals surface area contributed by atoms with Gasteiger partial charge in [-0.3, -0.25) is 0 Å². The van der Waals surface area contributed by atoms with Gasteiger partial charge >= 0.3 is 0 Å². The van der Waals surface area contributed by atoms with E-state index in [1.807, 2.05) is 0 Å². The summed E-state index contributed by atoms with van der Waals surface area (Å²) in [7, 11) is 0. The van der Waals surface area contributed by atoms with Crippen LogP contribution in [0.1, 0.15) is 119 Å². The Morgan fingerprint density at radius 1 is 0.781 bits per heavy atom. The molecule has 5 aliphatic rings. The molecule has 0 radical (unpaired) electrons. The first-order chi connectivity index (χ1) is 15.0. The monoisotopic (exact) mass is 444 g/mol. The molecule has 0 amide bonds. The molecule has 9 atom stereocenters. The zero-order valence-corrected chi connectivity index (χ0v) is 22.1. The molecule has 0 saturated heterocycles. The van der Waals surface area contributed by atoms with Gasteiger partial charge in [0.1, 0.15) is 0 Å². The molecule has 0 heterocycles. The van der Waals surface area contributed by atoms with Crippen LogP contribution in [-0.4, -0.2) is 22.9 Å². The van der Waals surface area contributed by atoms with Crippen molar-refractivity contribution >= 4 is 0 Å². The van der Waals surface area contributed by atoms with Gasteiger partial charge in [0.15, 0.2) is 0 Å². The third-order valence-electron chi connectivity index (χ3n) is 13.3. The van der Waals surface area contributed by atoms with E-state index >= 15 is 0 Å². The lowest BCUT2D eigenvalue weighted by molar-refractivity contribution is -0.163. The second-order valence-electron chi connectivity index (χ2n) is 14.8. The van der Waals surface area contributed by atoms with Crippen LogP contribution in [0.2, 0.25) is 0 Å². The van der Waals surface area contributed by atoms with E-state index in [0.717, 1.165) is 24.2 Å². The maximum Gasteiger partial charge on any atom is 0.0594 e. The number of hydrogen-bond acceptors (Lipinski definition) is 2. The summed E-state index contributed by atoms with van der Waals surface area (Å²) in [6, 6.07) is 0. The van der Waals surface area contributed by atoms with Crippen molar-refractivity contribution in [3.63, 3.8) is 0 Å². The molecule has 9 unspecified atom stereocenters. The molecule has 32 heavy (non-hydrogen) atoms. The first-order valence-corrected chi connectivity index (χ1v) is 14.3. The Hall–Kier alpha value is -0.0800. The zero-order valence-electron chi connectivity index (χ0n) is 22.1. The molecule has 5 saturated carbocycles. The quantitative estimate of drug-likeness (QED) is 0.454. The van der Waals surface area contributed by atoms with Crippen molar-refractivity contribution in [3.8, 4) is 0 Å². The third-order valence-corrected chi connectivity index (χ3v) is 13.3. The molecule has 2 nitrogen and oxygen atoms in total. The Morgan fingerprint density at radius 2 is 1.47 bits per heavy atom. The third kappa shape index (κ3) is 2.84. The molecular weight excluding hydrogens is 392 g/mol. The van der Waals surface area contributed by atoms with Gasteiger partial charge in [0, 0.05) is 6.61 Å². The second-order valence-corrected chi connectivity index (χ2v) is 14.8. The van der Waals surface area contributed by atoms with Crippen molar-refractivity contribution < 1.29 is 10.2 Å². The molecule has 0 aromatic carbocycles. The number of fused-ring (bicyclic) bond motifs is 2. The molecule has 5 rings (SSSR count). The van der Waals surface area contributed by atoms with E-state index in [4.69, 9.17) is 0 Å². The molecule has 0 aromatic rings. The molecule has 5 aliphatic carbocycles. The topological polar surface area (TPSA) is 40.5 Å². The van der Waals surface area contributed by atoms with Gasteiger partial charge in [-0.2, -0.15) is 0 Å². The largest absolute Gasteiger partial charge is 0.396 e. The lowest BCUT2D eigenvalue weighted by atomic mass is 9.41. The maximum absolute atomic E-state index is 10.8. The standard InChI is InChI=1S/C30H52O2/c1-20(2)8-7-9-21(18-31)22-12-14-28(6)24-11-10-23-26(3,4)25(32)13-15-29(23)19-30(24,29)17-16-27(22,28)5/h20-25,31-32H,7-19H2,1-6H3. The molecule has 0 aromatic heterocycles. The van der Waals surface area contributed by atoms with Crippen molar-refractivity contribution in [1.82, 2.24) is 0 Å². The minimum Gasteiger partial charge on any atom is -0.396 e. The highest BCUT2D eigenvalue weighted by Crippen LogP contribution is 2.89. The van der Waals surface area contributed by atoms with Gasteiger partial charge in [-0.25, -0.2) is 0 Å². The highest BCUT2D eigenvalue weighted by Gasteiger charge is 2.82. The number of hydrogen-bond donors (Lipinski definition) is 2. The average Bonchev–Trinajstić information content (AvgIpc) is 3.32. The van der Waals surface area contributed by atoms with Gasteiger partial charge in [0.2, 0.25) is 0 Å². The smallest absolute Gasteiger partial charge is 0.0594 e. The summed E-state index contributed by atoms with van der Waals surface area (Å²) < 4.78 is 0. The highest BCUT2D eigenvalue weighted by molar-refractivity contribution is 5.30. The van der Waals surface area contributed by atoms with Crippen LogP contribution in [0, 0.1) is 56.7 Å². The van der Waals surface area contributed by atoms with Gasteiger partial charge in [-0.05, 0) is 121 Å². The van der Waals surface area contributed by atoms with Crippen molar-refractivity contribution in [3.05, 3.63) is 0 Å². The first kappa shape index (κ1) is 23.7. The molecule has 2 N–H and O–H groups in total. The van der Waals surface area contributed by atoms with Crippen LogP contribution in [0.15, 0.2) is 0 Å². The second kappa shape index (κ2) is 7.46. The number of aliphatic hydroxyl groups excluding tert-OH is 2. The van der Waals surface area contributed by atoms with Crippen LogP contribution in [-0.2, 0) is 0 Å². The minimum atomic E-state index is -0.108. The SMILES string of the molecule is CC(C)CCCC(CO)C1CCC2(C)C3CCC4C(C)(C)C(O)CCC45CC35CCC12C. The molecule has 5 fully saturated rings. The minimum absolute atomic E-state index is 0.0883. The van der Waals surface area contributed by atoms with Crippen molar-refractivity contribution in [2.75, 3.05) is 6.61 Å². The summed E-state index contributed by atoms with van der Waals surface area (Å²) in [6.45, 7) is 15.1. The summed E-state index contributed by atoms with van der Waals surface area (Å²) >= 11 is 0. The zero-order chi connectivity index (χ0) is 23.2.